The van der Waals surface area contributed by atoms with Crippen LogP contribution in [-0.4, -0.2) is 29.6 Å². The summed E-state index contributed by atoms with van der Waals surface area (Å²) in [6, 6.07) is 5.01. The number of ketones is 1. The molecular formula is C10H13BO4. The first kappa shape index (κ1) is 11.7. The van der Waals surface area contributed by atoms with E-state index in [-0.39, 0.29) is 17.9 Å². The highest BCUT2D eigenvalue weighted by atomic mass is 16.5. The van der Waals surface area contributed by atoms with E-state index in [9.17, 15) is 4.79 Å². The molecule has 0 radical (unpaired) electrons. The largest absolute Gasteiger partial charge is 0.492 e. The van der Waals surface area contributed by atoms with Crippen molar-refractivity contribution in [2.24, 2.45) is 0 Å². The SMILES string of the molecule is CC(=O)COc1ccc(C)cc1B(O)O. The Kier molecular flexibility index (Phi) is 3.88. The molecule has 0 aliphatic heterocycles. The maximum Gasteiger partial charge on any atom is 0.492 e. The van der Waals surface area contributed by atoms with Gasteiger partial charge in [-0.1, -0.05) is 17.7 Å². The van der Waals surface area contributed by atoms with Crippen molar-refractivity contribution < 1.29 is 19.6 Å². The average molecular weight is 208 g/mol. The topological polar surface area (TPSA) is 66.8 Å². The monoisotopic (exact) mass is 208 g/mol. The third kappa shape index (κ3) is 3.38. The van der Waals surface area contributed by atoms with Gasteiger partial charge in [-0.05, 0) is 19.9 Å². The van der Waals surface area contributed by atoms with E-state index in [2.05, 4.69) is 0 Å². The predicted molar refractivity (Wildman–Crippen MR) is 57.2 cm³/mol. The van der Waals surface area contributed by atoms with E-state index in [1.807, 2.05) is 6.92 Å². The zero-order valence-electron chi connectivity index (χ0n) is 8.73. The fraction of sp³-hybridized carbons (Fsp3) is 0.300. The summed E-state index contributed by atoms with van der Waals surface area (Å²) in [5.74, 6) is 0.208. The molecule has 0 aliphatic carbocycles. The number of rotatable bonds is 4. The summed E-state index contributed by atoms with van der Waals surface area (Å²) in [5, 5.41) is 18.2. The Morgan fingerprint density at radius 2 is 2.13 bits per heavy atom. The number of hydrogen-bond acceptors (Lipinski definition) is 4. The summed E-state index contributed by atoms with van der Waals surface area (Å²) in [6.45, 7) is 3.17. The molecule has 0 unspecified atom stereocenters. The molecule has 1 aromatic rings. The number of ether oxygens (including phenoxy) is 1. The predicted octanol–water partition coefficient (Wildman–Crippen LogP) is -0.357. The van der Waals surface area contributed by atoms with E-state index in [0.29, 0.717) is 5.75 Å². The minimum Gasteiger partial charge on any atom is -0.486 e. The van der Waals surface area contributed by atoms with Gasteiger partial charge in [0.2, 0.25) is 0 Å². The summed E-state index contributed by atoms with van der Waals surface area (Å²) in [7, 11) is -1.59. The number of Topliss-reactive ketones (excluding diaryl/α,β-unsaturated/α-hetero) is 1. The van der Waals surface area contributed by atoms with Crippen LogP contribution in [0, 0.1) is 6.92 Å². The van der Waals surface area contributed by atoms with Gasteiger partial charge >= 0.3 is 7.12 Å². The molecule has 0 aliphatic rings. The second kappa shape index (κ2) is 4.95. The van der Waals surface area contributed by atoms with Crippen LogP contribution in [0.1, 0.15) is 12.5 Å². The lowest BCUT2D eigenvalue weighted by Gasteiger charge is -2.10. The van der Waals surface area contributed by atoms with Crippen LogP contribution >= 0.6 is 0 Å². The molecular weight excluding hydrogens is 195 g/mol. The van der Waals surface area contributed by atoms with Gasteiger partial charge in [-0.3, -0.25) is 4.79 Å². The van der Waals surface area contributed by atoms with Gasteiger partial charge in [0.15, 0.2) is 5.78 Å². The molecule has 2 N–H and O–H groups in total. The van der Waals surface area contributed by atoms with Gasteiger partial charge in [0.05, 0.1) is 0 Å². The normalized spacial score (nSPS) is 9.87. The van der Waals surface area contributed by atoms with Crippen LogP contribution in [0.4, 0.5) is 0 Å². The fourth-order valence-electron chi connectivity index (χ4n) is 1.18. The highest BCUT2D eigenvalue weighted by Gasteiger charge is 2.17. The Morgan fingerprint density at radius 3 is 2.67 bits per heavy atom. The lowest BCUT2D eigenvalue weighted by Crippen LogP contribution is -2.32. The van der Waals surface area contributed by atoms with Crippen LogP contribution in [0.15, 0.2) is 18.2 Å². The van der Waals surface area contributed by atoms with Gasteiger partial charge < -0.3 is 14.8 Å². The van der Waals surface area contributed by atoms with Gasteiger partial charge in [0.25, 0.3) is 0 Å². The summed E-state index contributed by atoms with van der Waals surface area (Å²) < 4.78 is 5.15. The van der Waals surface area contributed by atoms with Gasteiger partial charge in [-0.15, -0.1) is 0 Å². The number of benzene rings is 1. The number of aryl methyl sites for hydroxylation is 1. The molecule has 0 aromatic heterocycles. The third-order valence-corrected chi connectivity index (χ3v) is 1.87. The minimum atomic E-state index is -1.59. The molecule has 0 bridgehead atoms. The molecule has 0 spiro atoms. The Balaban J connectivity index is 2.90. The highest BCUT2D eigenvalue weighted by molar-refractivity contribution is 6.59. The van der Waals surface area contributed by atoms with Gasteiger partial charge in [0, 0.05) is 5.46 Å². The molecule has 15 heavy (non-hydrogen) atoms. The summed E-state index contributed by atoms with van der Waals surface area (Å²) in [6.07, 6.45) is 0. The Bertz CT molecular complexity index is 362. The van der Waals surface area contributed by atoms with Crippen LogP contribution in [0.5, 0.6) is 5.75 Å². The second-order valence-electron chi connectivity index (χ2n) is 3.41. The molecule has 80 valence electrons. The average Bonchev–Trinajstić information content (AvgIpc) is 2.15. The molecule has 0 saturated heterocycles. The van der Waals surface area contributed by atoms with Crippen LogP contribution in [0.3, 0.4) is 0 Å². The van der Waals surface area contributed by atoms with E-state index in [0.717, 1.165) is 5.56 Å². The first-order chi connectivity index (χ1) is 7.00. The lowest BCUT2D eigenvalue weighted by atomic mass is 9.79. The number of hydrogen-bond donors (Lipinski definition) is 2. The van der Waals surface area contributed by atoms with Crippen molar-refractivity contribution >= 4 is 18.4 Å². The van der Waals surface area contributed by atoms with E-state index in [1.165, 1.54) is 6.92 Å². The number of carbonyl (C=O) groups is 1. The van der Waals surface area contributed by atoms with Crippen LogP contribution in [-0.2, 0) is 4.79 Å². The van der Waals surface area contributed by atoms with Crippen molar-refractivity contribution in [3.8, 4) is 5.75 Å². The summed E-state index contributed by atoms with van der Waals surface area (Å²) in [5.41, 5.74) is 1.17. The van der Waals surface area contributed by atoms with E-state index < -0.39 is 7.12 Å². The van der Waals surface area contributed by atoms with Crippen molar-refractivity contribution in [1.82, 2.24) is 0 Å². The van der Waals surface area contributed by atoms with Crippen molar-refractivity contribution in [3.05, 3.63) is 23.8 Å². The Morgan fingerprint density at radius 1 is 1.47 bits per heavy atom. The maximum atomic E-state index is 10.7. The van der Waals surface area contributed by atoms with Gasteiger partial charge in [-0.2, -0.15) is 0 Å². The zero-order valence-corrected chi connectivity index (χ0v) is 8.73. The Labute approximate surface area is 88.6 Å². The molecule has 4 nitrogen and oxygen atoms in total. The molecule has 1 rings (SSSR count). The zero-order chi connectivity index (χ0) is 11.4. The molecule has 0 fully saturated rings. The molecule has 0 heterocycles. The maximum absolute atomic E-state index is 10.7. The fourth-order valence-corrected chi connectivity index (χ4v) is 1.18. The first-order valence-corrected chi connectivity index (χ1v) is 4.59. The smallest absolute Gasteiger partial charge is 0.486 e. The minimum absolute atomic E-state index is 0.0667. The number of carbonyl (C=O) groups excluding carboxylic acids is 1. The highest BCUT2D eigenvalue weighted by Crippen LogP contribution is 2.09. The van der Waals surface area contributed by atoms with Crippen molar-refractivity contribution in [2.45, 2.75) is 13.8 Å². The standard InChI is InChI=1S/C10H13BO4/c1-7-3-4-10(15-6-8(2)12)9(5-7)11(13)14/h3-5,13-14H,6H2,1-2H3. The van der Waals surface area contributed by atoms with E-state index in [1.54, 1.807) is 18.2 Å². The van der Waals surface area contributed by atoms with Gasteiger partial charge in [0.1, 0.15) is 12.4 Å². The molecule has 1 aromatic carbocycles. The van der Waals surface area contributed by atoms with Crippen LogP contribution in [0.25, 0.3) is 0 Å². The van der Waals surface area contributed by atoms with Crippen molar-refractivity contribution in [2.75, 3.05) is 6.61 Å². The second-order valence-corrected chi connectivity index (χ2v) is 3.41. The lowest BCUT2D eigenvalue weighted by molar-refractivity contribution is -0.118. The first-order valence-electron chi connectivity index (χ1n) is 4.59. The molecule has 0 atom stereocenters. The van der Waals surface area contributed by atoms with Gasteiger partial charge in [-0.25, -0.2) is 0 Å². The van der Waals surface area contributed by atoms with Crippen molar-refractivity contribution in [3.63, 3.8) is 0 Å². The Hall–Kier alpha value is -1.33. The molecule has 5 heteroatoms. The third-order valence-electron chi connectivity index (χ3n) is 1.87. The van der Waals surface area contributed by atoms with Crippen LogP contribution in [0.2, 0.25) is 0 Å². The van der Waals surface area contributed by atoms with E-state index in [4.69, 9.17) is 14.8 Å². The van der Waals surface area contributed by atoms with Crippen LogP contribution < -0.4 is 10.2 Å². The summed E-state index contributed by atoms with van der Waals surface area (Å²) >= 11 is 0. The molecule has 0 amide bonds. The molecule has 0 saturated carbocycles. The summed E-state index contributed by atoms with van der Waals surface area (Å²) in [4.78, 5) is 10.7. The van der Waals surface area contributed by atoms with Crippen molar-refractivity contribution in [1.29, 1.82) is 0 Å². The van der Waals surface area contributed by atoms with E-state index >= 15 is 0 Å². The quantitative estimate of drug-likeness (QED) is 0.663.